The lowest BCUT2D eigenvalue weighted by Gasteiger charge is -2.10. The van der Waals surface area contributed by atoms with E-state index in [4.69, 9.17) is 21.6 Å². The van der Waals surface area contributed by atoms with Crippen LogP contribution in [0.1, 0.15) is 16.7 Å². The molecule has 100 valence electrons. The number of benzene rings is 2. The summed E-state index contributed by atoms with van der Waals surface area (Å²) in [6.45, 7) is 1.89. The van der Waals surface area contributed by atoms with Crippen molar-refractivity contribution in [3.8, 4) is 17.6 Å². The number of hydrogen-bond donors (Lipinski definition) is 0. The van der Waals surface area contributed by atoms with Crippen molar-refractivity contribution in [2.45, 2.75) is 13.3 Å². The predicted molar refractivity (Wildman–Crippen MR) is 77.2 cm³/mol. The summed E-state index contributed by atoms with van der Waals surface area (Å²) in [5.41, 5.74) is 2.28. The molecule has 0 amide bonds. The zero-order valence-corrected chi connectivity index (χ0v) is 11.6. The first-order chi connectivity index (χ1) is 9.62. The van der Waals surface area contributed by atoms with Crippen LogP contribution < -0.4 is 4.74 Å². The molecule has 0 unspecified atom stereocenters. The smallest absolute Gasteiger partial charge is 0.146 e. The van der Waals surface area contributed by atoms with Crippen LogP contribution in [0.15, 0.2) is 36.4 Å². The highest BCUT2D eigenvalue weighted by molar-refractivity contribution is 6.32. The second-order valence-corrected chi connectivity index (χ2v) is 4.79. The number of nitrogens with zero attached hydrogens (tertiary/aromatic N) is 1. The summed E-state index contributed by atoms with van der Waals surface area (Å²) >= 11 is 6.08. The van der Waals surface area contributed by atoms with E-state index in [0.29, 0.717) is 28.5 Å². The number of rotatable bonds is 4. The third kappa shape index (κ3) is 3.37. The van der Waals surface area contributed by atoms with E-state index >= 15 is 0 Å². The van der Waals surface area contributed by atoms with Crippen molar-refractivity contribution in [1.29, 1.82) is 5.26 Å². The summed E-state index contributed by atoms with van der Waals surface area (Å²) in [7, 11) is 0. The fraction of sp³-hybridized carbons (Fsp3) is 0.125. The molecule has 0 fully saturated rings. The van der Waals surface area contributed by atoms with Crippen molar-refractivity contribution < 1.29 is 9.53 Å². The Bertz CT molecular complexity index is 689. The van der Waals surface area contributed by atoms with E-state index in [0.717, 1.165) is 17.4 Å². The molecule has 0 radical (unpaired) electrons. The Morgan fingerprint density at radius 3 is 2.80 bits per heavy atom. The van der Waals surface area contributed by atoms with Gasteiger partial charge in [0.25, 0.3) is 0 Å². The lowest BCUT2D eigenvalue weighted by molar-refractivity contribution is -0.107. The first-order valence-corrected chi connectivity index (χ1v) is 6.42. The number of carbonyl (C=O) groups is 1. The lowest BCUT2D eigenvalue weighted by Crippen LogP contribution is -1.91. The Morgan fingerprint density at radius 1 is 1.30 bits per heavy atom. The van der Waals surface area contributed by atoms with Gasteiger partial charge < -0.3 is 9.53 Å². The summed E-state index contributed by atoms with van der Waals surface area (Å²) in [6, 6.07) is 12.5. The molecule has 0 spiro atoms. The average molecular weight is 286 g/mol. The molecule has 0 atom stereocenters. The van der Waals surface area contributed by atoms with Crippen LogP contribution >= 0.6 is 11.6 Å². The van der Waals surface area contributed by atoms with Crippen LogP contribution in [0.4, 0.5) is 0 Å². The van der Waals surface area contributed by atoms with Crippen molar-refractivity contribution in [1.82, 2.24) is 0 Å². The second kappa shape index (κ2) is 6.23. The molecule has 0 saturated heterocycles. The van der Waals surface area contributed by atoms with Gasteiger partial charge in [0.05, 0.1) is 16.7 Å². The van der Waals surface area contributed by atoms with Crippen LogP contribution in [0, 0.1) is 18.3 Å². The van der Waals surface area contributed by atoms with Gasteiger partial charge >= 0.3 is 0 Å². The van der Waals surface area contributed by atoms with E-state index in [2.05, 4.69) is 6.07 Å². The van der Waals surface area contributed by atoms with E-state index < -0.39 is 0 Å². The zero-order valence-electron chi connectivity index (χ0n) is 10.9. The lowest BCUT2D eigenvalue weighted by atomic mass is 10.1. The van der Waals surface area contributed by atoms with E-state index in [1.807, 2.05) is 13.0 Å². The van der Waals surface area contributed by atoms with Gasteiger partial charge in [-0.3, -0.25) is 0 Å². The minimum atomic E-state index is 0.310. The van der Waals surface area contributed by atoms with Gasteiger partial charge in [-0.25, -0.2) is 0 Å². The molecule has 2 aromatic rings. The van der Waals surface area contributed by atoms with Crippen molar-refractivity contribution in [3.05, 3.63) is 58.1 Å². The molecular formula is C16H12ClNO2. The van der Waals surface area contributed by atoms with E-state index in [-0.39, 0.29) is 0 Å². The van der Waals surface area contributed by atoms with Crippen LogP contribution in [0.25, 0.3) is 0 Å². The average Bonchev–Trinajstić information content (AvgIpc) is 2.42. The van der Waals surface area contributed by atoms with Crippen LogP contribution in [0.5, 0.6) is 11.5 Å². The van der Waals surface area contributed by atoms with Crippen LogP contribution in [0.2, 0.25) is 5.02 Å². The molecule has 2 aromatic carbocycles. The van der Waals surface area contributed by atoms with Gasteiger partial charge in [-0.1, -0.05) is 17.7 Å². The minimum absolute atomic E-state index is 0.310. The molecule has 20 heavy (non-hydrogen) atoms. The largest absolute Gasteiger partial charge is 0.456 e. The first-order valence-electron chi connectivity index (χ1n) is 6.04. The maximum Gasteiger partial charge on any atom is 0.146 e. The molecule has 0 aliphatic carbocycles. The summed E-state index contributed by atoms with van der Waals surface area (Å²) in [5.74, 6) is 1.02. The molecular weight excluding hydrogens is 274 g/mol. The molecule has 0 aliphatic rings. The number of aryl methyl sites for hydroxylation is 1. The molecule has 0 N–H and O–H groups in total. The van der Waals surface area contributed by atoms with Crippen molar-refractivity contribution in [2.24, 2.45) is 0 Å². The molecule has 0 saturated carbocycles. The molecule has 0 aromatic heterocycles. The van der Waals surface area contributed by atoms with E-state index in [9.17, 15) is 4.79 Å². The monoisotopic (exact) mass is 285 g/mol. The number of nitriles is 1. The normalized spacial score (nSPS) is 9.85. The number of carbonyl (C=O) groups excluding carboxylic acids is 1. The topological polar surface area (TPSA) is 50.1 Å². The predicted octanol–water partition coefficient (Wildman–Crippen LogP) is 4.05. The standard InChI is InChI=1S/C16H12ClNO2/c1-11-6-13(10-18)8-14(7-11)20-16-9-12(4-5-19)2-3-15(16)17/h2-3,5-9H,4H2,1H3. The number of halogens is 1. The maximum atomic E-state index is 10.5. The van der Waals surface area contributed by atoms with E-state index in [1.165, 1.54) is 0 Å². The Kier molecular flexibility index (Phi) is 4.39. The summed E-state index contributed by atoms with van der Waals surface area (Å²) in [4.78, 5) is 10.5. The highest BCUT2D eigenvalue weighted by Crippen LogP contribution is 2.31. The zero-order chi connectivity index (χ0) is 14.5. The summed E-state index contributed by atoms with van der Waals surface area (Å²) in [6.07, 6.45) is 1.14. The fourth-order valence-electron chi connectivity index (χ4n) is 1.85. The molecule has 4 heteroatoms. The van der Waals surface area contributed by atoms with Crippen LogP contribution in [0.3, 0.4) is 0 Å². The van der Waals surface area contributed by atoms with Gasteiger partial charge in [0, 0.05) is 6.42 Å². The van der Waals surface area contributed by atoms with Gasteiger partial charge in [-0.15, -0.1) is 0 Å². The Balaban J connectivity index is 2.34. The second-order valence-electron chi connectivity index (χ2n) is 4.38. The number of ether oxygens (including phenoxy) is 1. The maximum absolute atomic E-state index is 10.5. The third-order valence-electron chi connectivity index (χ3n) is 2.72. The van der Waals surface area contributed by atoms with Crippen molar-refractivity contribution in [3.63, 3.8) is 0 Å². The first kappa shape index (κ1) is 14.1. The van der Waals surface area contributed by atoms with Crippen molar-refractivity contribution >= 4 is 17.9 Å². The van der Waals surface area contributed by atoms with Gasteiger partial charge in [-0.2, -0.15) is 5.26 Å². The Hall–Kier alpha value is -2.31. The molecule has 0 aliphatic heterocycles. The minimum Gasteiger partial charge on any atom is -0.456 e. The number of hydrogen-bond acceptors (Lipinski definition) is 3. The number of aldehydes is 1. The van der Waals surface area contributed by atoms with Crippen molar-refractivity contribution in [2.75, 3.05) is 0 Å². The fourth-order valence-corrected chi connectivity index (χ4v) is 2.00. The summed E-state index contributed by atoms with van der Waals surface area (Å²) < 4.78 is 5.72. The highest BCUT2D eigenvalue weighted by atomic mass is 35.5. The molecule has 2 rings (SSSR count). The molecule has 0 bridgehead atoms. The Morgan fingerprint density at radius 2 is 2.10 bits per heavy atom. The van der Waals surface area contributed by atoms with Crippen LogP contribution in [-0.4, -0.2) is 6.29 Å². The third-order valence-corrected chi connectivity index (χ3v) is 3.03. The SMILES string of the molecule is Cc1cc(C#N)cc(Oc2cc(CC=O)ccc2Cl)c1. The molecule has 0 heterocycles. The van der Waals surface area contributed by atoms with E-state index in [1.54, 1.807) is 30.3 Å². The van der Waals surface area contributed by atoms with Gasteiger partial charge in [0.1, 0.15) is 17.8 Å². The van der Waals surface area contributed by atoms with Gasteiger partial charge in [-0.05, 0) is 48.4 Å². The Labute approximate surface area is 122 Å². The highest BCUT2D eigenvalue weighted by Gasteiger charge is 2.06. The quantitative estimate of drug-likeness (QED) is 0.796. The van der Waals surface area contributed by atoms with Crippen LogP contribution in [-0.2, 0) is 11.2 Å². The summed E-state index contributed by atoms with van der Waals surface area (Å²) in [5, 5.41) is 9.41. The molecule has 3 nitrogen and oxygen atoms in total. The van der Waals surface area contributed by atoms with Gasteiger partial charge in [0.15, 0.2) is 0 Å². The van der Waals surface area contributed by atoms with Gasteiger partial charge in [0.2, 0.25) is 0 Å².